The van der Waals surface area contributed by atoms with Gasteiger partial charge >= 0.3 is 5.97 Å². The fourth-order valence-electron chi connectivity index (χ4n) is 9.78. The highest BCUT2D eigenvalue weighted by atomic mass is 32.1. The molecule has 0 saturated heterocycles. The number of nitrogens with zero attached hydrogens (tertiary/aromatic N) is 5. The number of aromatic nitrogens is 3. The Morgan fingerprint density at radius 2 is 1.69 bits per heavy atom. The number of anilines is 1. The Morgan fingerprint density at radius 1 is 0.944 bits per heavy atom. The van der Waals surface area contributed by atoms with E-state index < -0.39 is 11.5 Å². The zero-order valence-electron chi connectivity index (χ0n) is 31.3. The Labute approximate surface area is 318 Å². The first kappa shape index (κ1) is 37.0. The lowest BCUT2D eigenvalue weighted by atomic mass is 9.46. The van der Waals surface area contributed by atoms with Gasteiger partial charge in [0.2, 0.25) is 0 Å². The molecule has 12 heteroatoms. The number of fused-ring (bicyclic) bond motifs is 4. The highest BCUT2D eigenvalue weighted by molar-refractivity contribution is 7.22. The Morgan fingerprint density at radius 3 is 2.41 bits per heavy atom. The number of carbonyl (C=O) groups is 2. The maximum Gasteiger partial charge on any atom is 0.355 e. The number of carboxylic acid groups (broad SMARTS) is 1. The number of rotatable bonds is 10. The predicted octanol–water partition coefficient (Wildman–Crippen LogP) is 9.53. The van der Waals surface area contributed by atoms with Gasteiger partial charge in [-0.1, -0.05) is 68.8 Å². The maximum absolute atomic E-state index is 13.5. The molecular weight excluding hydrogens is 699 g/mol. The number of carbonyl (C=O) groups excluding carboxylic acids is 1. The van der Waals surface area contributed by atoms with Crippen molar-refractivity contribution in [3.05, 3.63) is 94.8 Å². The van der Waals surface area contributed by atoms with Crippen molar-refractivity contribution in [2.24, 2.45) is 32.1 Å². The number of aliphatic imine (C=N–C) groups is 1. The minimum absolute atomic E-state index is 0.0191. The summed E-state index contributed by atoms with van der Waals surface area (Å²) in [5.41, 5.74) is 9.26. The summed E-state index contributed by atoms with van der Waals surface area (Å²) in [6.07, 6.45) is 8.22. The SMILES string of the molecule is CCC1(C)CC2(C)CC(C)(CN=C(C)C(=CN)c3ccc(-c4cnc5cccc(C(=O)Nc6nc7ccccc7s6)c5c4)nc3C(=O)O)CC(N=O)(C1)C2. The standard InChI is InChI=1S/C42H45N7O4S/c1-6-39(3)19-40(4)20-41(5,23-42(21-39,22-40)49-53)24-45-25(2)30(17-43)27-14-15-31(46-35(27)37(51)52)26-16-29-28(10-9-12-32(29)44-18-26)36(50)48-38-47-33-11-7-8-13-34(33)54-38/h7-18H,6,19-24,43H2,1-5H3,(H,51,52)(H,47,48,50). The van der Waals surface area contributed by atoms with Crippen molar-refractivity contribution in [3.63, 3.8) is 0 Å². The van der Waals surface area contributed by atoms with Crippen LogP contribution >= 0.6 is 11.3 Å². The molecule has 0 aliphatic heterocycles. The van der Waals surface area contributed by atoms with E-state index in [-0.39, 0.29) is 27.8 Å². The van der Waals surface area contributed by atoms with Gasteiger partial charge in [0.05, 0.1) is 21.4 Å². The van der Waals surface area contributed by atoms with Crippen LogP contribution in [0.1, 0.15) is 99.6 Å². The number of nitroso groups, excluding NO2 is 1. The lowest BCUT2D eigenvalue weighted by molar-refractivity contribution is -0.0659. The second-order valence-corrected chi connectivity index (χ2v) is 17.4. The zero-order valence-corrected chi connectivity index (χ0v) is 32.1. The van der Waals surface area contributed by atoms with Gasteiger partial charge in [-0.2, -0.15) is 4.91 Å². The van der Waals surface area contributed by atoms with E-state index >= 15 is 0 Å². The summed E-state index contributed by atoms with van der Waals surface area (Å²) in [5.74, 6) is -1.56. The van der Waals surface area contributed by atoms with Gasteiger partial charge in [-0.3, -0.25) is 20.1 Å². The summed E-state index contributed by atoms with van der Waals surface area (Å²) in [4.78, 5) is 57.3. The number of pyridine rings is 2. The third-order valence-electron chi connectivity index (χ3n) is 11.4. The molecule has 2 bridgehead atoms. The van der Waals surface area contributed by atoms with Crippen LogP contribution in [-0.2, 0) is 0 Å². The largest absolute Gasteiger partial charge is 0.476 e. The van der Waals surface area contributed by atoms with Crippen molar-refractivity contribution in [1.29, 1.82) is 0 Å². The molecule has 4 atom stereocenters. The molecule has 2 fully saturated rings. The molecule has 2 aliphatic rings. The van der Waals surface area contributed by atoms with Gasteiger partial charge in [0.1, 0.15) is 5.54 Å². The maximum atomic E-state index is 13.5. The van der Waals surface area contributed by atoms with Gasteiger partial charge in [-0.05, 0) is 97.7 Å². The molecule has 7 rings (SSSR count). The molecule has 1 amide bonds. The quantitative estimate of drug-likeness (QED) is 0.0937. The van der Waals surface area contributed by atoms with Crippen LogP contribution in [0.3, 0.4) is 0 Å². The average Bonchev–Trinajstić information content (AvgIpc) is 3.55. The average molecular weight is 744 g/mol. The minimum Gasteiger partial charge on any atom is -0.476 e. The smallest absolute Gasteiger partial charge is 0.355 e. The molecule has 278 valence electrons. The first-order valence-corrected chi connectivity index (χ1v) is 19.1. The predicted molar refractivity (Wildman–Crippen MR) is 216 cm³/mol. The van der Waals surface area contributed by atoms with E-state index in [0.29, 0.717) is 62.7 Å². The van der Waals surface area contributed by atoms with Crippen LogP contribution in [0.25, 0.3) is 38.0 Å². The van der Waals surface area contributed by atoms with E-state index in [1.165, 1.54) is 17.5 Å². The number of benzene rings is 2. The lowest BCUT2D eigenvalue weighted by Gasteiger charge is -2.59. The summed E-state index contributed by atoms with van der Waals surface area (Å²) in [6.45, 7) is 11.2. The monoisotopic (exact) mass is 743 g/mol. The molecule has 2 aromatic carbocycles. The number of thiazole rings is 1. The summed E-state index contributed by atoms with van der Waals surface area (Å²) in [5, 5.41) is 18.2. The number of carboxylic acids is 1. The topological polar surface area (TPSA) is 173 Å². The van der Waals surface area contributed by atoms with E-state index in [2.05, 4.69) is 53.1 Å². The zero-order chi connectivity index (χ0) is 38.5. The molecule has 4 unspecified atom stereocenters. The number of nitrogens with two attached hydrogens (primary N) is 1. The van der Waals surface area contributed by atoms with Crippen LogP contribution in [0.5, 0.6) is 0 Å². The van der Waals surface area contributed by atoms with E-state index in [0.717, 1.165) is 42.3 Å². The fraction of sp³-hybridized carbons (Fsp3) is 0.381. The lowest BCUT2D eigenvalue weighted by Crippen LogP contribution is -2.55. The Bertz CT molecular complexity index is 2360. The summed E-state index contributed by atoms with van der Waals surface area (Å²) in [6, 6.07) is 18.2. The van der Waals surface area contributed by atoms with Crippen molar-refractivity contribution < 1.29 is 14.7 Å². The molecule has 54 heavy (non-hydrogen) atoms. The van der Waals surface area contributed by atoms with Crippen molar-refractivity contribution in [2.45, 2.75) is 78.7 Å². The van der Waals surface area contributed by atoms with Gasteiger partial charge in [0.15, 0.2) is 10.8 Å². The molecule has 2 aliphatic carbocycles. The number of para-hydroxylation sites is 1. The Hall–Kier alpha value is -5.36. The van der Waals surface area contributed by atoms with Crippen LogP contribution in [-0.4, -0.2) is 49.7 Å². The van der Waals surface area contributed by atoms with E-state index in [4.69, 9.17) is 10.7 Å². The number of hydrogen-bond donors (Lipinski definition) is 3. The third kappa shape index (κ3) is 7.02. The van der Waals surface area contributed by atoms with Crippen molar-refractivity contribution in [2.75, 3.05) is 11.9 Å². The van der Waals surface area contributed by atoms with Crippen molar-refractivity contribution in [3.8, 4) is 11.3 Å². The van der Waals surface area contributed by atoms with Crippen LogP contribution in [0.4, 0.5) is 5.13 Å². The molecule has 0 spiro atoms. The molecule has 0 radical (unpaired) electrons. The third-order valence-corrected chi connectivity index (χ3v) is 12.4. The van der Waals surface area contributed by atoms with E-state index in [1.807, 2.05) is 37.3 Å². The summed E-state index contributed by atoms with van der Waals surface area (Å²) < 4.78 is 0.965. The second kappa shape index (κ2) is 13.8. The number of nitrogens with one attached hydrogen (secondary N) is 1. The summed E-state index contributed by atoms with van der Waals surface area (Å²) >= 11 is 1.39. The van der Waals surface area contributed by atoms with Crippen LogP contribution in [0.2, 0.25) is 0 Å². The van der Waals surface area contributed by atoms with Gasteiger partial charge < -0.3 is 10.8 Å². The minimum atomic E-state index is -1.22. The first-order chi connectivity index (χ1) is 25.7. The summed E-state index contributed by atoms with van der Waals surface area (Å²) in [7, 11) is 0. The number of allylic oxidation sites excluding steroid dienone is 1. The van der Waals surface area contributed by atoms with Gasteiger partial charge in [0, 0.05) is 52.3 Å². The second-order valence-electron chi connectivity index (χ2n) is 16.4. The number of hydrogen-bond acceptors (Lipinski definition) is 10. The highest BCUT2D eigenvalue weighted by Crippen LogP contribution is 2.63. The Kier molecular flexibility index (Phi) is 9.45. The normalized spacial score (nSPS) is 25.8. The molecule has 3 heterocycles. The number of aromatic carboxylic acids is 1. The van der Waals surface area contributed by atoms with Crippen molar-refractivity contribution >= 4 is 60.7 Å². The van der Waals surface area contributed by atoms with Gasteiger partial charge in [-0.15, -0.1) is 0 Å². The van der Waals surface area contributed by atoms with Gasteiger partial charge in [0.25, 0.3) is 5.91 Å². The van der Waals surface area contributed by atoms with E-state index in [9.17, 15) is 19.6 Å². The van der Waals surface area contributed by atoms with Crippen LogP contribution < -0.4 is 11.1 Å². The first-order valence-electron chi connectivity index (χ1n) is 18.3. The number of amides is 1. The highest BCUT2D eigenvalue weighted by Gasteiger charge is 2.59. The molecule has 5 aromatic rings. The van der Waals surface area contributed by atoms with Crippen molar-refractivity contribution in [1.82, 2.24) is 15.0 Å². The molecule has 2 saturated carbocycles. The van der Waals surface area contributed by atoms with Crippen LogP contribution in [0.15, 0.2) is 83.2 Å². The molecule has 3 aromatic heterocycles. The van der Waals surface area contributed by atoms with Crippen LogP contribution in [0, 0.1) is 21.2 Å². The fourth-order valence-corrected chi connectivity index (χ4v) is 10.6. The molecule has 11 nitrogen and oxygen atoms in total. The molecule has 4 N–H and O–H groups in total. The molecular formula is C42H45N7O4S. The van der Waals surface area contributed by atoms with E-state index in [1.54, 1.807) is 36.5 Å². The van der Waals surface area contributed by atoms with Gasteiger partial charge in [-0.25, -0.2) is 14.8 Å². The Balaban J connectivity index is 1.16.